The maximum Gasteiger partial charge on any atom is 0.348 e. The van der Waals surface area contributed by atoms with Crippen molar-refractivity contribution in [3.05, 3.63) is 16.0 Å². The number of unbranched alkanes of at least 4 members (excludes halogenated alkanes) is 1. The van der Waals surface area contributed by atoms with Crippen molar-refractivity contribution < 1.29 is 23.9 Å². The Labute approximate surface area is 152 Å². The molecule has 0 aromatic carbocycles. The summed E-state index contributed by atoms with van der Waals surface area (Å²) in [6.07, 6.45) is 1.43. The van der Waals surface area contributed by atoms with Gasteiger partial charge in [-0.05, 0) is 46.6 Å². The second-order valence-corrected chi connectivity index (χ2v) is 7.34. The quantitative estimate of drug-likeness (QED) is 0.690. The van der Waals surface area contributed by atoms with Gasteiger partial charge in [-0.1, -0.05) is 13.3 Å². The van der Waals surface area contributed by atoms with Gasteiger partial charge in [-0.15, -0.1) is 11.3 Å². The average Bonchev–Trinajstić information content (AvgIpc) is 2.80. The monoisotopic (exact) mass is 369 g/mol. The van der Waals surface area contributed by atoms with Crippen LogP contribution in [0.5, 0.6) is 0 Å². The predicted octanol–water partition coefficient (Wildman–Crippen LogP) is 4.32. The highest BCUT2D eigenvalue weighted by Gasteiger charge is 2.28. The minimum atomic E-state index is -0.557. The topological polar surface area (TPSA) is 81.7 Å². The van der Waals surface area contributed by atoms with E-state index >= 15 is 0 Å². The molecule has 25 heavy (non-hydrogen) atoms. The Kier molecular flexibility index (Phi) is 8.09. The van der Waals surface area contributed by atoms with Crippen molar-refractivity contribution in [3.63, 3.8) is 0 Å². The van der Waals surface area contributed by atoms with Crippen LogP contribution in [0.15, 0.2) is 0 Å². The van der Waals surface area contributed by atoms with Crippen LogP contribution in [0.2, 0.25) is 0 Å². The molecule has 1 amide bonds. The van der Waals surface area contributed by atoms with E-state index in [0.29, 0.717) is 21.9 Å². The van der Waals surface area contributed by atoms with Crippen LogP contribution >= 0.6 is 11.3 Å². The van der Waals surface area contributed by atoms with E-state index in [1.54, 1.807) is 34.6 Å². The van der Waals surface area contributed by atoms with Crippen LogP contribution in [-0.4, -0.2) is 30.1 Å². The molecule has 1 rings (SSSR count). The molecule has 0 radical (unpaired) electrons. The van der Waals surface area contributed by atoms with Gasteiger partial charge in [0.05, 0.1) is 17.8 Å². The van der Waals surface area contributed by atoms with E-state index in [0.717, 1.165) is 24.2 Å². The highest BCUT2D eigenvalue weighted by Crippen LogP contribution is 2.34. The first-order valence-electron chi connectivity index (χ1n) is 8.52. The van der Waals surface area contributed by atoms with Gasteiger partial charge in [-0.3, -0.25) is 4.79 Å². The molecule has 1 heterocycles. The zero-order valence-electron chi connectivity index (χ0n) is 15.7. The lowest BCUT2D eigenvalue weighted by Gasteiger charge is -2.10. The number of ether oxygens (including phenoxy) is 2. The van der Waals surface area contributed by atoms with E-state index in [1.807, 2.05) is 6.92 Å². The molecule has 0 unspecified atom stereocenters. The number of rotatable bonds is 8. The molecule has 1 N–H and O–H groups in total. The Balaban J connectivity index is 3.20. The number of nitrogens with one attached hydrogen (secondary N) is 1. The lowest BCUT2D eigenvalue weighted by Crippen LogP contribution is -2.17. The van der Waals surface area contributed by atoms with Crippen molar-refractivity contribution >= 4 is 34.2 Å². The third-order valence-electron chi connectivity index (χ3n) is 3.23. The fraction of sp³-hybridized carbons (Fsp3) is 0.611. The molecule has 0 saturated carbocycles. The molecule has 0 aliphatic heterocycles. The second-order valence-electron chi connectivity index (χ2n) is 6.32. The minimum Gasteiger partial charge on any atom is -0.459 e. The first-order valence-corrected chi connectivity index (χ1v) is 9.34. The smallest absolute Gasteiger partial charge is 0.348 e. The van der Waals surface area contributed by atoms with Crippen LogP contribution in [-0.2, 0) is 14.3 Å². The molecule has 1 aromatic rings. The van der Waals surface area contributed by atoms with Crippen molar-refractivity contribution in [2.75, 3.05) is 5.32 Å². The van der Waals surface area contributed by atoms with E-state index in [1.165, 1.54) is 0 Å². The maximum atomic E-state index is 12.4. The van der Waals surface area contributed by atoms with Crippen molar-refractivity contribution in [2.24, 2.45) is 0 Å². The predicted molar refractivity (Wildman–Crippen MR) is 98.3 cm³/mol. The molecule has 0 aliphatic carbocycles. The van der Waals surface area contributed by atoms with Gasteiger partial charge in [0, 0.05) is 6.42 Å². The zero-order valence-corrected chi connectivity index (χ0v) is 16.5. The molecular formula is C18H27NO5S. The summed E-state index contributed by atoms with van der Waals surface area (Å²) >= 11 is 1.05. The van der Waals surface area contributed by atoms with Crippen LogP contribution in [0, 0.1) is 6.92 Å². The number of thiophene rings is 1. The van der Waals surface area contributed by atoms with Crippen LogP contribution in [0.3, 0.4) is 0 Å². The van der Waals surface area contributed by atoms with Gasteiger partial charge in [-0.25, -0.2) is 9.59 Å². The van der Waals surface area contributed by atoms with Crippen molar-refractivity contribution in [3.8, 4) is 0 Å². The Morgan fingerprint density at radius 1 is 1.04 bits per heavy atom. The average molecular weight is 369 g/mol. The summed E-state index contributed by atoms with van der Waals surface area (Å²) < 4.78 is 10.5. The van der Waals surface area contributed by atoms with Crippen LogP contribution in [0.25, 0.3) is 0 Å². The van der Waals surface area contributed by atoms with E-state index in [9.17, 15) is 14.4 Å². The summed E-state index contributed by atoms with van der Waals surface area (Å²) in [6.45, 7) is 10.6. The first kappa shape index (κ1) is 21.2. The number of esters is 2. The third-order valence-corrected chi connectivity index (χ3v) is 4.42. The Bertz CT molecular complexity index is 634. The number of carbonyl (C=O) groups is 3. The van der Waals surface area contributed by atoms with E-state index in [-0.39, 0.29) is 23.7 Å². The molecule has 0 bridgehead atoms. The van der Waals surface area contributed by atoms with Gasteiger partial charge in [0.15, 0.2) is 0 Å². The summed E-state index contributed by atoms with van der Waals surface area (Å²) in [5, 5.41) is 3.07. The van der Waals surface area contributed by atoms with Gasteiger partial charge in [-0.2, -0.15) is 0 Å². The van der Waals surface area contributed by atoms with Crippen LogP contribution in [0.1, 0.15) is 79.5 Å². The van der Waals surface area contributed by atoms with Crippen LogP contribution in [0.4, 0.5) is 5.00 Å². The van der Waals surface area contributed by atoms with Gasteiger partial charge < -0.3 is 14.8 Å². The minimum absolute atomic E-state index is 0.189. The summed E-state index contributed by atoms with van der Waals surface area (Å²) in [5.74, 6) is -1.26. The molecule has 0 spiro atoms. The summed E-state index contributed by atoms with van der Waals surface area (Å²) in [7, 11) is 0. The fourth-order valence-electron chi connectivity index (χ4n) is 2.11. The van der Waals surface area contributed by atoms with Gasteiger partial charge >= 0.3 is 11.9 Å². The standard InChI is InChI=1S/C18H27NO5S/c1-7-8-9-13(20)19-16-14(17(21)23-10(2)3)12(6)15(25-16)18(22)24-11(4)5/h10-11H,7-9H2,1-6H3,(H,19,20). The van der Waals surface area contributed by atoms with E-state index in [4.69, 9.17) is 9.47 Å². The molecule has 6 nitrogen and oxygen atoms in total. The molecule has 0 saturated heterocycles. The third kappa shape index (κ3) is 6.16. The number of anilines is 1. The van der Waals surface area contributed by atoms with Gasteiger partial charge in [0.2, 0.25) is 5.91 Å². The highest BCUT2D eigenvalue weighted by molar-refractivity contribution is 7.18. The van der Waals surface area contributed by atoms with Crippen LogP contribution < -0.4 is 5.32 Å². The Hall–Kier alpha value is -1.89. The van der Waals surface area contributed by atoms with Crippen molar-refractivity contribution in [1.29, 1.82) is 0 Å². The number of carbonyl (C=O) groups excluding carboxylic acids is 3. The molecule has 0 fully saturated rings. The van der Waals surface area contributed by atoms with Gasteiger partial charge in [0.25, 0.3) is 0 Å². The summed E-state index contributed by atoms with van der Waals surface area (Å²) in [4.78, 5) is 37.1. The lowest BCUT2D eigenvalue weighted by atomic mass is 10.1. The molecule has 7 heteroatoms. The fourth-order valence-corrected chi connectivity index (χ4v) is 3.20. The normalized spacial score (nSPS) is 10.9. The highest BCUT2D eigenvalue weighted by atomic mass is 32.1. The summed E-state index contributed by atoms with van der Waals surface area (Å²) in [5.41, 5.74) is 0.686. The van der Waals surface area contributed by atoms with Crippen molar-refractivity contribution in [2.45, 2.75) is 73.0 Å². The molecular weight excluding hydrogens is 342 g/mol. The van der Waals surface area contributed by atoms with Gasteiger partial charge in [0.1, 0.15) is 9.88 Å². The second kappa shape index (κ2) is 9.56. The van der Waals surface area contributed by atoms with E-state index < -0.39 is 11.9 Å². The molecule has 140 valence electrons. The summed E-state index contributed by atoms with van der Waals surface area (Å²) in [6, 6.07) is 0. The molecule has 0 aliphatic rings. The SMILES string of the molecule is CCCCC(=O)Nc1sc(C(=O)OC(C)C)c(C)c1C(=O)OC(C)C. The first-order chi connectivity index (χ1) is 11.7. The maximum absolute atomic E-state index is 12.4. The molecule has 1 aromatic heterocycles. The Morgan fingerprint density at radius 2 is 1.60 bits per heavy atom. The number of amides is 1. The zero-order chi connectivity index (χ0) is 19.1. The number of hydrogen-bond acceptors (Lipinski definition) is 6. The lowest BCUT2D eigenvalue weighted by molar-refractivity contribution is -0.116. The molecule has 0 atom stereocenters. The number of hydrogen-bond donors (Lipinski definition) is 1. The van der Waals surface area contributed by atoms with E-state index in [2.05, 4.69) is 5.32 Å². The Morgan fingerprint density at radius 3 is 2.12 bits per heavy atom. The van der Waals surface area contributed by atoms with Crippen molar-refractivity contribution in [1.82, 2.24) is 0 Å². The largest absolute Gasteiger partial charge is 0.459 e.